The number of nitrogens with zero attached hydrogens (tertiary/aromatic N) is 1. The third-order valence-electron chi connectivity index (χ3n) is 1.94. The molecule has 1 aliphatic rings. The van der Waals surface area contributed by atoms with Crippen LogP contribution in [0.1, 0.15) is 12.8 Å². The van der Waals surface area contributed by atoms with Crippen molar-refractivity contribution >= 4 is 5.97 Å². The van der Waals surface area contributed by atoms with Crippen LogP contribution in [0.25, 0.3) is 0 Å². The Kier molecular flexibility index (Phi) is 2.42. The average Bonchev–Trinajstić information content (AvgIpc) is 2.04. The topological polar surface area (TPSA) is 80.4 Å². The summed E-state index contributed by atoms with van der Waals surface area (Å²) in [6.07, 6.45) is 3.99. The Balaban J connectivity index is 2.79. The van der Waals surface area contributed by atoms with Gasteiger partial charge in [0.2, 0.25) is 6.04 Å². The number of carbonyl (C=O) groups is 1. The van der Waals surface area contributed by atoms with Crippen molar-refractivity contribution in [1.29, 1.82) is 0 Å². The summed E-state index contributed by atoms with van der Waals surface area (Å²) in [4.78, 5) is 20.4. The van der Waals surface area contributed by atoms with Gasteiger partial charge in [-0.1, -0.05) is 12.2 Å². The first-order valence-electron chi connectivity index (χ1n) is 3.66. The molecule has 0 spiro atoms. The van der Waals surface area contributed by atoms with E-state index in [1.54, 1.807) is 6.08 Å². The predicted molar refractivity (Wildman–Crippen MR) is 40.3 cm³/mol. The highest BCUT2D eigenvalue weighted by molar-refractivity contribution is 5.73. The molecule has 2 atom stereocenters. The molecule has 12 heavy (non-hydrogen) atoms. The molecule has 0 heterocycles. The van der Waals surface area contributed by atoms with E-state index in [-0.39, 0.29) is 0 Å². The number of rotatable bonds is 2. The summed E-state index contributed by atoms with van der Waals surface area (Å²) in [6.45, 7) is 0. The molecule has 0 fully saturated rings. The van der Waals surface area contributed by atoms with Gasteiger partial charge in [0, 0.05) is 11.3 Å². The summed E-state index contributed by atoms with van der Waals surface area (Å²) >= 11 is 0. The maximum Gasteiger partial charge on any atom is 0.317 e. The molecule has 0 amide bonds. The molecule has 2 unspecified atom stereocenters. The molecule has 0 aromatic carbocycles. The van der Waals surface area contributed by atoms with Crippen molar-refractivity contribution in [2.24, 2.45) is 5.92 Å². The molecule has 0 radical (unpaired) electrons. The van der Waals surface area contributed by atoms with Crippen LogP contribution in [0.4, 0.5) is 0 Å². The van der Waals surface area contributed by atoms with Crippen LogP contribution in [-0.2, 0) is 4.79 Å². The summed E-state index contributed by atoms with van der Waals surface area (Å²) in [5, 5.41) is 19.0. The van der Waals surface area contributed by atoms with E-state index in [4.69, 9.17) is 5.11 Å². The van der Waals surface area contributed by atoms with Gasteiger partial charge < -0.3 is 5.11 Å². The zero-order chi connectivity index (χ0) is 9.14. The van der Waals surface area contributed by atoms with Gasteiger partial charge in [-0.3, -0.25) is 14.9 Å². The highest BCUT2D eigenvalue weighted by Gasteiger charge is 2.36. The summed E-state index contributed by atoms with van der Waals surface area (Å²) in [7, 11) is 0. The zero-order valence-electron chi connectivity index (χ0n) is 6.34. The van der Waals surface area contributed by atoms with E-state index in [9.17, 15) is 14.9 Å². The molecule has 0 saturated carbocycles. The maximum atomic E-state index is 10.5. The SMILES string of the molecule is O=C(O)C1C=CCCC1[N+](=O)[O-]. The lowest BCUT2D eigenvalue weighted by Crippen LogP contribution is -2.34. The molecule has 1 aliphatic carbocycles. The second kappa shape index (κ2) is 3.34. The van der Waals surface area contributed by atoms with Crippen LogP contribution in [-0.4, -0.2) is 22.0 Å². The number of aliphatic carboxylic acids is 1. The molecule has 0 aliphatic heterocycles. The van der Waals surface area contributed by atoms with E-state index in [0.717, 1.165) is 0 Å². The van der Waals surface area contributed by atoms with Gasteiger partial charge in [-0.05, 0) is 6.42 Å². The van der Waals surface area contributed by atoms with Crippen molar-refractivity contribution in [2.75, 3.05) is 0 Å². The monoisotopic (exact) mass is 171 g/mol. The first kappa shape index (κ1) is 8.70. The molecule has 1 rings (SSSR count). The zero-order valence-corrected chi connectivity index (χ0v) is 6.34. The third-order valence-corrected chi connectivity index (χ3v) is 1.94. The Labute approximate surface area is 68.8 Å². The maximum absolute atomic E-state index is 10.5. The number of carboxylic acids is 1. The lowest BCUT2D eigenvalue weighted by Gasteiger charge is -2.16. The smallest absolute Gasteiger partial charge is 0.317 e. The summed E-state index contributed by atoms with van der Waals surface area (Å²) in [6, 6.07) is -0.951. The number of allylic oxidation sites excluding steroid dienone is 1. The fourth-order valence-corrected chi connectivity index (χ4v) is 1.30. The molecular weight excluding hydrogens is 162 g/mol. The standard InChI is InChI=1S/C7H9NO4/c9-7(10)5-3-1-2-4-6(5)8(11)12/h1,3,5-6H,2,4H2,(H,9,10). The van der Waals surface area contributed by atoms with Gasteiger partial charge in [0.05, 0.1) is 0 Å². The Morgan fingerprint density at radius 2 is 2.33 bits per heavy atom. The highest BCUT2D eigenvalue weighted by atomic mass is 16.6. The van der Waals surface area contributed by atoms with Gasteiger partial charge in [0.1, 0.15) is 5.92 Å². The van der Waals surface area contributed by atoms with Crippen LogP contribution in [0.5, 0.6) is 0 Å². The largest absolute Gasteiger partial charge is 0.481 e. The van der Waals surface area contributed by atoms with Crippen molar-refractivity contribution in [3.63, 3.8) is 0 Å². The fourth-order valence-electron chi connectivity index (χ4n) is 1.30. The van der Waals surface area contributed by atoms with Crippen LogP contribution in [0, 0.1) is 16.0 Å². The molecule has 1 N–H and O–H groups in total. The minimum absolute atomic E-state index is 0.320. The first-order chi connectivity index (χ1) is 5.63. The molecule has 5 nitrogen and oxygen atoms in total. The Hall–Kier alpha value is -1.39. The minimum Gasteiger partial charge on any atom is -0.481 e. The Morgan fingerprint density at radius 1 is 1.67 bits per heavy atom. The third kappa shape index (κ3) is 1.61. The number of carboxylic acid groups (broad SMARTS) is 1. The van der Waals surface area contributed by atoms with Gasteiger partial charge in [-0.15, -0.1) is 0 Å². The van der Waals surface area contributed by atoms with Gasteiger partial charge >= 0.3 is 5.97 Å². The molecule has 66 valence electrons. The summed E-state index contributed by atoms with van der Waals surface area (Å²) < 4.78 is 0. The van der Waals surface area contributed by atoms with E-state index >= 15 is 0 Å². The average molecular weight is 171 g/mol. The molecule has 0 bridgehead atoms. The van der Waals surface area contributed by atoms with Crippen molar-refractivity contribution in [3.8, 4) is 0 Å². The van der Waals surface area contributed by atoms with E-state index in [1.165, 1.54) is 6.08 Å². The lowest BCUT2D eigenvalue weighted by molar-refractivity contribution is -0.528. The Bertz CT molecular complexity index is 236. The molecular formula is C7H9NO4. The molecule has 0 aromatic rings. The summed E-state index contributed by atoms with van der Waals surface area (Å²) in [5.74, 6) is -2.07. The van der Waals surface area contributed by atoms with Gasteiger partial charge in [0.25, 0.3) is 0 Å². The number of hydrogen-bond acceptors (Lipinski definition) is 3. The Morgan fingerprint density at radius 3 is 2.75 bits per heavy atom. The van der Waals surface area contributed by atoms with E-state index in [2.05, 4.69) is 0 Å². The van der Waals surface area contributed by atoms with Crippen molar-refractivity contribution in [3.05, 3.63) is 22.3 Å². The molecule has 0 aromatic heterocycles. The van der Waals surface area contributed by atoms with E-state index in [1.807, 2.05) is 0 Å². The van der Waals surface area contributed by atoms with Crippen molar-refractivity contribution < 1.29 is 14.8 Å². The van der Waals surface area contributed by atoms with Gasteiger partial charge in [-0.25, -0.2) is 0 Å². The van der Waals surface area contributed by atoms with Crippen molar-refractivity contribution in [2.45, 2.75) is 18.9 Å². The second-order valence-corrected chi connectivity index (χ2v) is 2.72. The minimum atomic E-state index is -1.12. The number of hydrogen-bond donors (Lipinski definition) is 1. The van der Waals surface area contributed by atoms with E-state index < -0.39 is 22.9 Å². The van der Waals surface area contributed by atoms with Gasteiger partial charge in [-0.2, -0.15) is 0 Å². The van der Waals surface area contributed by atoms with Gasteiger partial charge in [0.15, 0.2) is 0 Å². The van der Waals surface area contributed by atoms with Crippen LogP contribution in [0.15, 0.2) is 12.2 Å². The lowest BCUT2D eigenvalue weighted by atomic mass is 9.91. The molecule has 5 heteroatoms. The van der Waals surface area contributed by atoms with E-state index in [0.29, 0.717) is 12.8 Å². The van der Waals surface area contributed by atoms with Crippen LogP contribution < -0.4 is 0 Å². The highest BCUT2D eigenvalue weighted by Crippen LogP contribution is 2.20. The molecule has 0 saturated heterocycles. The van der Waals surface area contributed by atoms with Crippen molar-refractivity contribution in [1.82, 2.24) is 0 Å². The van der Waals surface area contributed by atoms with Crippen LogP contribution in [0.2, 0.25) is 0 Å². The number of nitro groups is 1. The normalized spacial score (nSPS) is 28.3. The second-order valence-electron chi connectivity index (χ2n) is 2.72. The fraction of sp³-hybridized carbons (Fsp3) is 0.571. The summed E-state index contributed by atoms with van der Waals surface area (Å²) in [5.41, 5.74) is 0. The van der Waals surface area contributed by atoms with Crippen LogP contribution in [0.3, 0.4) is 0 Å². The van der Waals surface area contributed by atoms with Crippen LogP contribution >= 0.6 is 0 Å². The first-order valence-corrected chi connectivity index (χ1v) is 3.66. The predicted octanol–water partition coefficient (Wildman–Crippen LogP) is 0.683. The quantitative estimate of drug-likeness (QED) is 0.376.